The van der Waals surface area contributed by atoms with Crippen LogP contribution in [0.1, 0.15) is 36.8 Å². The largest absolute Gasteiger partial charge is 0.501 e. The molecule has 13 heteroatoms. The van der Waals surface area contributed by atoms with Crippen LogP contribution in [0.4, 0.5) is 4.79 Å². The van der Waals surface area contributed by atoms with Gasteiger partial charge in [0.1, 0.15) is 5.60 Å². The Balaban J connectivity index is 1.42. The van der Waals surface area contributed by atoms with Gasteiger partial charge in [-0.05, 0) is 50.6 Å². The zero-order chi connectivity index (χ0) is 30.2. The molecule has 4 aromatic rings. The number of imidazole rings is 1. The number of ether oxygens (including phenoxy) is 1. The first-order valence-corrected chi connectivity index (χ1v) is 14.3. The monoisotopic (exact) mass is 614 g/mol. The average molecular weight is 616 g/mol. The zero-order valence-corrected chi connectivity index (χ0v) is 25.1. The number of hydrogen-bond donors (Lipinski definition) is 2. The molecule has 42 heavy (non-hydrogen) atoms. The summed E-state index contributed by atoms with van der Waals surface area (Å²) in [7, 11) is 0. The minimum atomic E-state index is -0.736. The molecule has 0 spiro atoms. The SMILES string of the molecule is CC(C)(C)OC(=O)N1CCN(CCn2c(C(=O)NCc3ccc(Cl)c(Cl)c3)c(O)c(=O)n3c4ccccc4nc23)CC1. The first kappa shape index (κ1) is 29.7. The maximum atomic E-state index is 13.5. The number of hydrogen-bond acceptors (Lipinski definition) is 7. The first-order valence-electron chi connectivity index (χ1n) is 13.6. The van der Waals surface area contributed by atoms with Gasteiger partial charge < -0.3 is 24.6 Å². The topological polar surface area (TPSA) is 121 Å². The van der Waals surface area contributed by atoms with Crippen molar-refractivity contribution < 1.29 is 19.4 Å². The molecule has 1 fully saturated rings. The molecule has 0 aliphatic carbocycles. The van der Waals surface area contributed by atoms with Gasteiger partial charge >= 0.3 is 11.7 Å². The fourth-order valence-electron chi connectivity index (χ4n) is 4.91. The third-order valence-corrected chi connectivity index (χ3v) is 7.74. The molecule has 0 atom stereocenters. The van der Waals surface area contributed by atoms with Crippen molar-refractivity contribution in [3.05, 3.63) is 74.1 Å². The fourth-order valence-corrected chi connectivity index (χ4v) is 5.23. The fraction of sp³-hybridized carbons (Fsp3) is 0.379. The molecular weight excluding hydrogens is 583 g/mol. The smallest absolute Gasteiger partial charge is 0.410 e. The number of nitrogens with one attached hydrogen (secondary N) is 1. The van der Waals surface area contributed by atoms with Crippen molar-refractivity contribution in [2.45, 2.75) is 39.5 Å². The highest BCUT2D eigenvalue weighted by atomic mass is 35.5. The van der Waals surface area contributed by atoms with Crippen molar-refractivity contribution in [1.29, 1.82) is 0 Å². The Labute approximate surface area is 252 Å². The molecule has 0 radical (unpaired) electrons. The maximum absolute atomic E-state index is 13.5. The van der Waals surface area contributed by atoms with Crippen molar-refractivity contribution in [3.63, 3.8) is 0 Å². The van der Waals surface area contributed by atoms with E-state index in [-0.39, 0.29) is 30.7 Å². The quantitative estimate of drug-likeness (QED) is 0.335. The van der Waals surface area contributed by atoms with Crippen LogP contribution >= 0.6 is 23.2 Å². The van der Waals surface area contributed by atoms with E-state index in [0.29, 0.717) is 59.4 Å². The maximum Gasteiger partial charge on any atom is 0.410 e. The van der Waals surface area contributed by atoms with Crippen molar-refractivity contribution in [2.75, 3.05) is 32.7 Å². The molecule has 1 saturated heterocycles. The normalized spacial score (nSPS) is 14.5. The van der Waals surface area contributed by atoms with E-state index in [2.05, 4.69) is 15.2 Å². The lowest BCUT2D eigenvalue weighted by Crippen LogP contribution is -2.50. The molecule has 2 N–H and O–H groups in total. The van der Waals surface area contributed by atoms with Crippen LogP contribution in [0, 0.1) is 0 Å². The number of aromatic hydroxyl groups is 1. The lowest BCUT2D eigenvalue weighted by Gasteiger charge is -2.35. The van der Waals surface area contributed by atoms with E-state index in [0.717, 1.165) is 0 Å². The van der Waals surface area contributed by atoms with Crippen LogP contribution in [0.25, 0.3) is 16.8 Å². The molecule has 1 aliphatic rings. The summed E-state index contributed by atoms with van der Waals surface area (Å²) < 4.78 is 8.38. The standard InChI is InChI=1S/C29H32Cl2N6O5/c1-29(2,3)42-28(41)35-13-10-34(11-14-35)12-15-36-23(25(39)32-17-18-8-9-19(30)20(31)16-18)24(38)26(40)37-22-7-5-4-6-21(22)33-27(36)37/h4-9,16,38H,10-15,17H2,1-3H3,(H,32,39). The van der Waals surface area contributed by atoms with Crippen molar-refractivity contribution >= 4 is 52.0 Å². The lowest BCUT2D eigenvalue weighted by molar-refractivity contribution is 0.0142. The number of para-hydroxylation sites is 2. The molecule has 3 heterocycles. The van der Waals surface area contributed by atoms with E-state index >= 15 is 0 Å². The highest BCUT2D eigenvalue weighted by molar-refractivity contribution is 6.42. The van der Waals surface area contributed by atoms with Gasteiger partial charge in [-0.2, -0.15) is 0 Å². The highest BCUT2D eigenvalue weighted by Crippen LogP contribution is 2.24. The number of halogens is 2. The summed E-state index contributed by atoms with van der Waals surface area (Å²) in [5.74, 6) is -1.07. The van der Waals surface area contributed by atoms with E-state index in [1.54, 1.807) is 51.9 Å². The minimum absolute atomic E-state index is 0.0948. The van der Waals surface area contributed by atoms with Gasteiger partial charge in [-0.25, -0.2) is 14.2 Å². The molecule has 2 amide bonds. The lowest BCUT2D eigenvalue weighted by atomic mass is 10.2. The number of piperazine rings is 1. The molecule has 0 bridgehead atoms. The summed E-state index contributed by atoms with van der Waals surface area (Å²) >= 11 is 12.1. The summed E-state index contributed by atoms with van der Waals surface area (Å²) in [6, 6.07) is 12.1. The van der Waals surface area contributed by atoms with Gasteiger partial charge in [-0.1, -0.05) is 41.4 Å². The van der Waals surface area contributed by atoms with Gasteiger partial charge in [-0.15, -0.1) is 0 Å². The summed E-state index contributed by atoms with van der Waals surface area (Å²) in [5.41, 5.74) is 0.283. The van der Waals surface area contributed by atoms with Gasteiger partial charge in [0.25, 0.3) is 5.91 Å². The molecule has 2 aromatic heterocycles. The van der Waals surface area contributed by atoms with Crippen LogP contribution in [0.3, 0.4) is 0 Å². The Morgan fingerprint density at radius 2 is 1.74 bits per heavy atom. The number of rotatable bonds is 6. The molecule has 0 unspecified atom stereocenters. The van der Waals surface area contributed by atoms with Gasteiger partial charge in [0.2, 0.25) is 11.5 Å². The Bertz CT molecular complexity index is 1720. The van der Waals surface area contributed by atoms with E-state index in [4.69, 9.17) is 27.9 Å². The molecule has 222 valence electrons. The van der Waals surface area contributed by atoms with Crippen LogP contribution < -0.4 is 10.9 Å². The number of fused-ring (bicyclic) bond motifs is 3. The molecule has 1 aliphatic heterocycles. The van der Waals surface area contributed by atoms with Crippen LogP contribution in [0.15, 0.2) is 47.3 Å². The number of nitrogens with zero attached hydrogens (tertiary/aromatic N) is 5. The Kier molecular flexibility index (Phi) is 8.36. The van der Waals surface area contributed by atoms with Gasteiger partial charge in [0.05, 0.1) is 21.1 Å². The predicted molar refractivity (Wildman–Crippen MR) is 161 cm³/mol. The average Bonchev–Trinajstić information content (AvgIpc) is 3.34. The number of benzene rings is 2. The third-order valence-electron chi connectivity index (χ3n) is 7.00. The summed E-state index contributed by atoms with van der Waals surface area (Å²) in [4.78, 5) is 47.8. The van der Waals surface area contributed by atoms with Crippen LogP contribution in [0.2, 0.25) is 10.0 Å². The summed E-state index contributed by atoms with van der Waals surface area (Å²) in [6.07, 6.45) is -0.348. The highest BCUT2D eigenvalue weighted by Gasteiger charge is 2.28. The van der Waals surface area contributed by atoms with Crippen LogP contribution in [0.5, 0.6) is 5.75 Å². The number of amides is 2. The Hall–Kier alpha value is -3.80. The predicted octanol–water partition coefficient (Wildman–Crippen LogP) is 4.14. The number of carbonyl (C=O) groups excluding carboxylic acids is 2. The molecular formula is C29H32Cl2N6O5. The van der Waals surface area contributed by atoms with Gasteiger partial charge in [-0.3, -0.25) is 14.5 Å². The molecule has 2 aromatic carbocycles. The van der Waals surface area contributed by atoms with Crippen LogP contribution in [-0.2, 0) is 17.8 Å². The number of carbonyl (C=O) groups is 2. The van der Waals surface area contributed by atoms with Crippen molar-refractivity contribution in [1.82, 2.24) is 29.1 Å². The molecule has 5 rings (SSSR count). The van der Waals surface area contributed by atoms with Crippen LogP contribution in [-0.4, -0.2) is 79.2 Å². The van der Waals surface area contributed by atoms with Crippen molar-refractivity contribution in [2.24, 2.45) is 0 Å². The van der Waals surface area contributed by atoms with E-state index in [9.17, 15) is 19.5 Å². The Morgan fingerprint density at radius 3 is 2.43 bits per heavy atom. The first-order chi connectivity index (χ1) is 19.9. The second-order valence-corrected chi connectivity index (χ2v) is 11.9. The number of aromatic nitrogens is 3. The van der Waals surface area contributed by atoms with E-state index in [1.165, 1.54) is 4.40 Å². The molecule has 0 saturated carbocycles. The summed E-state index contributed by atoms with van der Waals surface area (Å²) in [6.45, 7) is 8.50. The Morgan fingerprint density at radius 1 is 1.02 bits per heavy atom. The zero-order valence-electron chi connectivity index (χ0n) is 23.6. The van der Waals surface area contributed by atoms with E-state index < -0.39 is 22.8 Å². The second kappa shape index (κ2) is 11.8. The second-order valence-electron chi connectivity index (χ2n) is 11.1. The minimum Gasteiger partial charge on any atom is -0.501 e. The molecule has 11 nitrogen and oxygen atoms in total. The van der Waals surface area contributed by atoms with Gasteiger partial charge in [0, 0.05) is 45.8 Å². The van der Waals surface area contributed by atoms with E-state index in [1.807, 2.05) is 20.8 Å². The van der Waals surface area contributed by atoms with Gasteiger partial charge in [0.15, 0.2) is 5.69 Å². The third kappa shape index (κ3) is 6.18. The van der Waals surface area contributed by atoms with Crippen molar-refractivity contribution in [3.8, 4) is 5.75 Å². The summed E-state index contributed by atoms with van der Waals surface area (Å²) in [5, 5.41) is 14.6.